The molecular formula is C44H40N2O3S. The number of carbonyl (C=O) groups excluding carboxylic acids is 1. The highest BCUT2D eigenvalue weighted by molar-refractivity contribution is 8.00. The third-order valence-corrected chi connectivity index (χ3v) is 10.7. The molecule has 0 heterocycles. The number of amides is 1. The lowest BCUT2D eigenvalue weighted by molar-refractivity contribution is -0.141. The van der Waals surface area contributed by atoms with Crippen LogP contribution >= 0.6 is 11.8 Å². The topological polar surface area (TPSA) is 78.4 Å². The molecule has 2 atom stereocenters. The van der Waals surface area contributed by atoms with Gasteiger partial charge in [0.1, 0.15) is 6.04 Å². The van der Waals surface area contributed by atoms with Crippen molar-refractivity contribution in [2.24, 2.45) is 0 Å². The van der Waals surface area contributed by atoms with Gasteiger partial charge in [0.15, 0.2) is 0 Å². The average Bonchev–Trinajstić information content (AvgIpc) is 3.18. The van der Waals surface area contributed by atoms with Gasteiger partial charge in [-0.1, -0.05) is 182 Å². The number of thioether (sulfide) groups is 1. The van der Waals surface area contributed by atoms with Gasteiger partial charge in [0, 0.05) is 5.75 Å². The zero-order valence-electron chi connectivity index (χ0n) is 27.9. The van der Waals surface area contributed by atoms with Gasteiger partial charge in [0.25, 0.3) is 0 Å². The Kier molecular flexibility index (Phi) is 10.9. The average molecular weight is 677 g/mol. The monoisotopic (exact) mass is 676 g/mol. The van der Waals surface area contributed by atoms with E-state index in [0.717, 1.165) is 33.4 Å². The lowest BCUT2D eigenvalue weighted by Crippen LogP contribution is -2.58. The molecule has 0 aliphatic rings. The normalized spacial score (nSPS) is 12.8. The van der Waals surface area contributed by atoms with E-state index < -0.39 is 34.2 Å². The molecule has 0 fully saturated rings. The Morgan fingerprint density at radius 3 is 1.14 bits per heavy atom. The van der Waals surface area contributed by atoms with E-state index in [1.165, 1.54) is 6.92 Å². The molecule has 5 nitrogen and oxygen atoms in total. The molecular weight excluding hydrogens is 637 g/mol. The Bertz CT molecular complexity index is 1770. The maximum Gasteiger partial charge on any atom is 0.325 e. The van der Waals surface area contributed by atoms with Gasteiger partial charge in [-0.05, 0) is 40.3 Å². The van der Waals surface area contributed by atoms with E-state index in [9.17, 15) is 14.7 Å². The first-order valence-electron chi connectivity index (χ1n) is 16.7. The predicted molar refractivity (Wildman–Crippen MR) is 203 cm³/mol. The number of carbonyl (C=O) groups is 2. The van der Waals surface area contributed by atoms with Crippen molar-refractivity contribution in [3.05, 3.63) is 215 Å². The van der Waals surface area contributed by atoms with E-state index in [0.29, 0.717) is 5.75 Å². The van der Waals surface area contributed by atoms with Gasteiger partial charge < -0.3 is 10.4 Å². The van der Waals surface area contributed by atoms with E-state index in [2.05, 4.69) is 83.4 Å². The number of carboxylic acid groups (broad SMARTS) is 1. The van der Waals surface area contributed by atoms with E-state index in [4.69, 9.17) is 0 Å². The third kappa shape index (κ3) is 7.13. The minimum atomic E-state index is -1.10. The van der Waals surface area contributed by atoms with Crippen molar-refractivity contribution < 1.29 is 14.7 Å². The van der Waals surface area contributed by atoms with Crippen molar-refractivity contribution in [1.29, 1.82) is 0 Å². The smallest absolute Gasteiger partial charge is 0.325 e. The highest BCUT2D eigenvalue weighted by Gasteiger charge is 2.43. The number of hydrogen-bond acceptors (Lipinski definition) is 4. The van der Waals surface area contributed by atoms with Crippen LogP contribution in [0.5, 0.6) is 0 Å². The number of hydrogen-bond donors (Lipinski definition) is 3. The van der Waals surface area contributed by atoms with E-state index >= 15 is 0 Å². The van der Waals surface area contributed by atoms with E-state index in [-0.39, 0.29) is 0 Å². The predicted octanol–water partition coefficient (Wildman–Crippen LogP) is 8.25. The van der Waals surface area contributed by atoms with Crippen molar-refractivity contribution >= 4 is 23.6 Å². The molecule has 0 spiro atoms. The molecule has 0 aromatic heterocycles. The van der Waals surface area contributed by atoms with Crippen LogP contribution in [0, 0.1) is 0 Å². The first kappa shape index (κ1) is 34.4. The summed E-state index contributed by atoms with van der Waals surface area (Å²) in [5.41, 5.74) is 5.10. The zero-order chi connectivity index (χ0) is 34.8. The Morgan fingerprint density at radius 2 is 0.840 bits per heavy atom. The minimum Gasteiger partial charge on any atom is -0.480 e. The van der Waals surface area contributed by atoms with Crippen LogP contribution in [0.2, 0.25) is 0 Å². The van der Waals surface area contributed by atoms with Crippen LogP contribution in [-0.2, 0) is 19.9 Å². The summed E-state index contributed by atoms with van der Waals surface area (Å²) >= 11 is 1.66. The fraction of sp³-hybridized carbons (Fsp3) is 0.136. The molecule has 0 aliphatic heterocycles. The molecule has 6 heteroatoms. The number of aliphatic carboxylic acids is 1. The first-order chi connectivity index (χ1) is 24.4. The largest absolute Gasteiger partial charge is 0.480 e. The maximum atomic E-state index is 14.5. The van der Waals surface area contributed by atoms with Gasteiger partial charge in [0.05, 0.1) is 16.3 Å². The molecule has 6 aromatic carbocycles. The zero-order valence-corrected chi connectivity index (χ0v) is 28.7. The molecule has 6 aromatic rings. The molecule has 0 radical (unpaired) electrons. The van der Waals surface area contributed by atoms with E-state index in [1.54, 1.807) is 11.8 Å². The lowest BCUT2D eigenvalue weighted by Gasteiger charge is -2.41. The molecule has 0 saturated carbocycles. The quantitative estimate of drug-likeness (QED) is 0.101. The Hall–Kier alpha value is -5.43. The van der Waals surface area contributed by atoms with Gasteiger partial charge in [-0.25, -0.2) is 0 Å². The van der Waals surface area contributed by atoms with Gasteiger partial charge in [-0.15, -0.1) is 11.8 Å². The van der Waals surface area contributed by atoms with Crippen LogP contribution in [0.4, 0.5) is 0 Å². The summed E-state index contributed by atoms with van der Waals surface area (Å²) in [5, 5.41) is 16.5. The Morgan fingerprint density at radius 1 is 0.540 bits per heavy atom. The molecule has 0 aliphatic carbocycles. The third-order valence-electron chi connectivity index (χ3n) is 9.06. The van der Waals surface area contributed by atoms with Crippen LogP contribution in [0.3, 0.4) is 0 Å². The standard InChI is InChI=1S/C44H40N2O3S/c1-33(42(48)49)45-41(47)40(46-43(34-20-8-2-9-21-34,35-22-10-3-11-23-35)36-24-12-4-13-25-36)32-50-44(37-26-14-5-15-27-37,38-28-16-6-17-29-38)39-30-18-7-19-31-39/h2-31,33,40,46H,32H2,1H3,(H,45,47)(H,48,49)/t33-,40-/m0/s1. The second-order valence-electron chi connectivity index (χ2n) is 12.2. The maximum absolute atomic E-state index is 14.5. The van der Waals surface area contributed by atoms with Crippen molar-refractivity contribution in [2.45, 2.75) is 29.3 Å². The fourth-order valence-corrected chi connectivity index (χ4v) is 8.17. The fourth-order valence-electron chi connectivity index (χ4n) is 6.61. The van der Waals surface area contributed by atoms with Gasteiger partial charge in [-0.2, -0.15) is 0 Å². The summed E-state index contributed by atoms with van der Waals surface area (Å²) in [5.74, 6) is -1.20. The number of carboxylic acids is 1. The first-order valence-corrected chi connectivity index (χ1v) is 17.7. The SMILES string of the molecule is C[C@H](NC(=O)[C@H](CSC(c1ccccc1)(c1ccccc1)c1ccccc1)NC(c1ccccc1)(c1ccccc1)c1ccccc1)C(=O)O. The number of nitrogens with one attached hydrogen (secondary N) is 2. The molecule has 50 heavy (non-hydrogen) atoms. The van der Waals surface area contributed by atoms with Crippen LogP contribution in [0.1, 0.15) is 40.3 Å². The molecule has 0 bridgehead atoms. The molecule has 1 amide bonds. The van der Waals surface area contributed by atoms with Crippen LogP contribution in [-0.4, -0.2) is 34.8 Å². The van der Waals surface area contributed by atoms with Gasteiger partial charge in [-0.3, -0.25) is 14.9 Å². The molecule has 250 valence electrons. The molecule has 0 saturated heterocycles. The van der Waals surface area contributed by atoms with Gasteiger partial charge >= 0.3 is 5.97 Å². The second-order valence-corrected chi connectivity index (χ2v) is 13.4. The number of benzene rings is 6. The highest BCUT2D eigenvalue weighted by atomic mass is 32.2. The van der Waals surface area contributed by atoms with Crippen molar-refractivity contribution in [2.75, 3.05) is 5.75 Å². The summed E-state index contributed by atoms with van der Waals surface area (Å²) in [6.45, 7) is 1.49. The lowest BCUT2D eigenvalue weighted by atomic mass is 9.76. The van der Waals surface area contributed by atoms with Crippen LogP contribution < -0.4 is 10.6 Å². The van der Waals surface area contributed by atoms with Crippen molar-refractivity contribution in [3.63, 3.8) is 0 Å². The van der Waals surface area contributed by atoms with Crippen LogP contribution in [0.15, 0.2) is 182 Å². The highest BCUT2D eigenvalue weighted by Crippen LogP contribution is 2.49. The summed E-state index contributed by atoms with van der Waals surface area (Å²) in [6.07, 6.45) is 0. The Labute approximate surface area is 298 Å². The van der Waals surface area contributed by atoms with E-state index in [1.807, 2.05) is 109 Å². The van der Waals surface area contributed by atoms with Crippen LogP contribution in [0.25, 0.3) is 0 Å². The van der Waals surface area contributed by atoms with Gasteiger partial charge in [0.2, 0.25) is 5.91 Å². The van der Waals surface area contributed by atoms with Crippen molar-refractivity contribution in [3.8, 4) is 0 Å². The minimum absolute atomic E-state index is 0.297. The summed E-state index contributed by atoms with van der Waals surface area (Å²) in [4.78, 5) is 26.5. The summed E-state index contributed by atoms with van der Waals surface area (Å²) < 4.78 is -0.697. The molecule has 3 N–H and O–H groups in total. The van der Waals surface area contributed by atoms with Crippen molar-refractivity contribution in [1.82, 2.24) is 10.6 Å². The Balaban J connectivity index is 1.54. The second kappa shape index (κ2) is 15.9. The summed E-state index contributed by atoms with van der Waals surface area (Å²) in [6, 6.07) is 59.4. The molecule has 6 rings (SSSR count). The summed E-state index contributed by atoms with van der Waals surface area (Å²) in [7, 11) is 0. The molecule has 0 unspecified atom stereocenters. The number of rotatable bonds is 14.